The lowest BCUT2D eigenvalue weighted by molar-refractivity contribution is -0.144. The number of amides is 3. The zero-order chi connectivity index (χ0) is 24.1. The van der Waals surface area contributed by atoms with Crippen LogP contribution in [0.3, 0.4) is 0 Å². The van der Waals surface area contributed by atoms with Crippen molar-refractivity contribution in [3.05, 3.63) is 0 Å². The molecule has 0 saturated carbocycles. The summed E-state index contributed by atoms with van der Waals surface area (Å²) in [6.45, 7) is 6.62. The molecule has 31 heavy (non-hydrogen) atoms. The van der Waals surface area contributed by atoms with Gasteiger partial charge in [0, 0.05) is 0 Å². The summed E-state index contributed by atoms with van der Waals surface area (Å²) < 4.78 is 0. The highest BCUT2D eigenvalue weighted by molar-refractivity contribution is 7.98. The van der Waals surface area contributed by atoms with Crippen molar-refractivity contribution in [2.45, 2.75) is 71.1 Å². The number of rotatable bonds is 15. The zero-order valence-electron chi connectivity index (χ0n) is 19.0. The van der Waals surface area contributed by atoms with E-state index in [1.54, 1.807) is 13.8 Å². The lowest BCUT2D eigenvalue weighted by atomic mass is 9.97. The highest BCUT2D eigenvalue weighted by Gasteiger charge is 2.33. The zero-order valence-corrected chi connectivity index (χ0v) is 19.8. The second kappa shape index (κ2) is 15.0. The maximum atomic E-state index is 12.9. The Morgan fingerprint density at radius 2 is 1.42 bits per heavy atom. The van der Waals surface area contributed by atoms with Crippen LogP contribution in [0, 0.1) is 11.8 Å². The van der Waals surface area contributed by atoms with Crippen molar-refractivity contribution in [2.24, 2.45) is 17.6 Å². The van der Waals surface area contributed by atoms with Gasteiger partial charge in [-0.15, -0.1) is 0 Å². The second-order valence-corrected chi connectivity index (χ2v) is 8.70. The molecule has 180 valence electrons. The third-order valence-electron chi connectivity index (χ3n) is 5.35. The lowest BCUT2D eigenvalue weighted by Crippen LogP contribution is -2.59. The molecule has 11 heteroatoms. The molecule has 0 heterocycles. The minimum Gasteiger partial charge on any atom is -0.480 e. The molecule has 0 bridgehead atoms. The van der Waals surface area contributed by atoms with Crippen molar-refractivity contribution in [2.75, 3.05) is 18.6 Å². The van der Waals surface area contributed by atoms with Gasteiger partial charge in [-0.25, -0.2) is 4.79 Å². The van der Waals surface area contributed by atoms with E-state index in [2.05, 4.69) is 16.0 Å². The van der Waals surface area contributed by atoms with Gasteiger partial charge in [-0.05, 0) is 30.3 Å². The molecule has 0 aromatic heterocycles. The predicted octanol–water partition coefficient (Wildman–Crippen LogP) is -0.310. The Morgan fingerprint density at radius 1 is 0.903 bits per heavy atom. The summed E-state index contributed by atoms with van der Waals surface area (Å²) in [6, 6.07) is -4.15. The van der Waals surface area contributed by atoms with Crippen molar-refractivity contribution in [3.8, 4) is 0 Å². The van der Waals surface area contributed by atoms with E-state index >= 15 is 0 Å². The van der Waals surface area contributed by atoms with Crippen molar-refractivity contribution < 1.29 is 29.4 Å². The molecule has 0 aliphatic rings. The van der Waals surface area contributed by atoms with Gasteiger partial charge in [0.15, 0.2) is 0 Å². The van der Waals surface area contributed by atoms with E-state index in [0.29, 0.717) is 25.0 Å². The number of thioether (sulfide) groups is 1. The second-order valence-electron chi connectivity index (χ2n) is 7.71. The van der Waals surface area contributed by atoms with E-state index < -0.39 is 54.5 Å². The Labute approximate surface area is 188 Å². The molecule has 6 atom stereocenters. The van der Waals surface area contributed by atoms with Gasteiger partial charge >= 0.3 is 5.97 Å². The van der Waals surface area contributed by atoms with Gasteiger partial charge in [0.05, 0.1) is 6.61 Å². The Kier molecular flexibility index (Phi) is 14.1. The summed E-state index contributed by atoms with van der Waals surface area (Å²) >= 11 is 1.49. The highest BCUT2D eigenvalue weighted by atomic mass is 32.2. The number of aliphatic hydroxyl groups excluding tert-OH is 1. The average molecular weight is 463 g/mol. The number of carboxylic acid groups (broad SMARTS) is 1. The molecule has 0 spiro atoms. The van der Waals surface area contributed by atoms with E-state index in [1.807, 2.05) is 20.1 Å². The fourth-order valence-corrected chi connectivity index (χ4v) is 3.22. The molecular formula is C20H38N4O6S. The molecule has 7 N–H and O–H groups in total. The number of aliphatic hydroxyl groups is 1. The summed E-state index contributed by atoms with van der Waals surface area (Å²) in [4.78, 5) is 49.4. The van der Waals surface area contributed by atoms with E-state index in [1.165, 1.54) is 11.8 Å². The first-order valence-corrected chi connectivity index (χ1v) is 11.9. The Balaban J connectivity index is 5.51. The number of carboxylic acids is 1. The van der Waals surface area contributed by atoms with Crippen molar-refractivity contribution in [3.63, 3.8) is 0 Å². The first-order valence-electron chi connectivity index (χ1n) is 10.5. The maximum absolute atomic E-state index is 12.9. The van der Waals surface area contributed by atoms with Crippen LogP contribution in [0.15, 0.2) is 0 Å². The van der Waals surface area contributed by atoms with Crippen molar-refractivity contribution in [1.29, 1.82) is 0 Å². The molecule has 10 nitrogen and oxygen atoms in total. The summed E-state index contributed by atoms with van der Waals surface area (Å²) in [5, 5.41) is 26.2. The van der Waals surface area contributed by atoms with Crippen LogP contribution in [0.5, 0.6) is 0 Å². The number of nitrogens with one attached hydrogen (secondary N) is 3. The van der Waals surface area contributed by atoms with Gasteiger partial charge in [0.2, 0.25) is 17.7 Å². The molecule has 0 aliphatic heterocycles. The molecule has 0 aliphatic carbocycles. The molecule has 0 aromatic carbocycles. The molecular weight excluding hydrogens is 424 g/mol. The monoisotopic (exact) mass is 462 g/mol. The first kappa shape index (κ1) is 29.1. The molecule has 0 radical (unpaired) electrons. The Hall–Kier alpha value is -1.85. The van der Waals surface area contributed by atoms with Gasteiger partial charge in [0.25, 0.3) is 0 Å². The van der Waals surface area contributed by atoms with Crippen LogP contribution < -0.4 is 21.7 Å². The molecule has 0 fully saturated rings. The van der Waals surface area contributed by atoms with Crippen LogP contribution in [-0.2, 0) is 19.2 Å². The van der Waals surface area contributed by atoms with Crippen LogP contribution >= 0.6 is 11.8 Å². The molecule has 0 saturated heterocycles. The molecule has 0 aromatic rings. The number of aliphatic carboxylic acids is 1. The normalized spacial score (nSPS) is 16.9. The van der Waals surface area contributed by atoms with E-state index in [-0.39, 0.29) is 11.8 Å². The van der Waals surface area contributed by atoms with Crippen LogP contribution in [0.25, 0.3) is 0 Å². The largest absolute Gasteiger partial charge is 0.480 e. The SMILES string of the molecule is CCC(C)C(NC(=O)C(CCSC)NC(=O)C(NC(=O)C(N)CO)C(C)CC)C(=O)O. The molecule has 0 rings (SSSR count). The van der Waals surface area contributed by atoms with Gasteiger partial charge in [-0.3, -0.25) is 14.4 Å². The highest BCUT2D eigenvalue weighted by Crippen LogP contribution is 2.12. The predicted molar refractivity (Wildman–Crippen MR) is 120 cm³/mol. The molecule has 3 amide bonds. The van der Waals surface area contributed by atoms with Crippen molar-refractivity contribution >= 4 is 35.5 Å². The number of hydrogen-bond donors (Lipinski definition) is 6. The number of carbonyl (C=O) groups is 4. The quantitative estimate of drug-likeness (QED) is 0.192. The fourth-order valence-electron chi connectivity index (χ4n) is 2.75. The van der Waals surface area contributed by atoms with Crippen LogP contribution in [-0.4, -0.2) is 76.7 Å². The summed E-state index contributed by atoms with van der Waals surface area (Å²) in [6.07, 6.45) is 3.28. The minimum atomic E-state index is -1.17. The summed E-state index contributed by atoms with van der Waals surface area (Å²) in [5.41, 5.74) is 5.53. The van der Waals surface area contributed by atoms with Crippen LogP contribution in [0.4, 0.5) is 0 Å². The number of nitrogens with two attached hydrogens (primary N) is 1. The van der Waals surface area contributed by atoms with Crippen LogP contribution in [0.1, 0.15) is 47.0 Å². The third-order valence-corrected chi connectivity index (χ3v) is 5.99. The fraction of sp³-hybridized carbons (Fsp3) is 0.800. The number of carbonyl (C=O) groups excluding carboxylic acids is 3. The van der Waals surface area contributed by atoms with Gasteiger partial charge in [-0.1, -0.05) is 40.5 Å². The standard InChI is InChI=1S/C20H38N4O6S/c1-6-11(3)15(23-17(26)13(21)10-25)19(28)22-14(8-9-31-5)18(27)24-16(20(29)30)12(4)7-2/h11-16,25H,6-10,21H2,1-5H3,(H,22,28)(H,23,26)(H,24,27)(H,29,30). The minimum absolute atomic E-state index is 0.258. The molecule has 6 unspecified atom stereocenters. The third kappa shape index (κ3) is 9.88. The van der Waals surface area contributed by atoms with E-state index in [4.69, 9.17) is 10.8 Å². The summed E-state index contributed by atoms with van der Waals surface area (Å²) in [7, 11) is 0. The van der Waals surface area contributed by atoms with Gasteiger partial charge in [0.1, 0.15) is 24.2 Å². The lowest BCUT2D eigenvalue weighted by Gasteiger charge is -2.28. The Morgan fingerprint density at radius 3 is 1.87 bits per heavy atom. The van der Waals surface area contributed by atoms with Gasteiger partial charge < -0.3 is 31.9 Å². The topological polar surface area (TPSA) is 171 Å². The Bertz CT molecular complexity index is 606. The van der Waals surface area contributed by atoms with Crippen molar-refractivity contribution in [1.82, 2.24) is 16.0 Å². The maximum Gasteiger partial charge on any atom is 0.326 e. The first-order chi connectivity index (χ1) is 14.5. The number of hydrogen-bond acceptors (Lipinski definition) is 7. The van der Waals surface area contributed by atoms with Gasteiger partial charge in [-0.2, -0.15) is 11.8 Å². The average Bonchev–Trinajstić information content (AvgIpc) is 2.75. The van der Waals surface area contributed by atoms with E-state index in [0.717, 1.165) is 0 Å². The van der Waals surface area contributed by atoms with E-state index in [9.17, 15) is 24.3 Å². The summed E-state index contributed by atoms with van der Waals surface area (Å²) in [5.74, 6) is -2.94. The smallest absolute Gasteiger partial charge is 0.326 e. The van der Waals surface area contributed by atoms with Crippen LogP contribution in [0.2, 0.25) is 0 Å².